The van der Waals surface area contributed by atoms with Crippen molar-refractivity contribution in [2.45, 2.75) is 26.0 Å². The minimum Gasteiger partial charge on any atom is -0.487 e. The van der Waals surface area contributed by atoms with Crippen molar-refractivity contribution in [3.63, 3.8) is 0 Å². The Hall–Kier alpha value is -4.44. The molecule has 0 bridgehead atoms. The molecule has 0 aliphatic carbocycles. The fraction of sp³-hybridized carbons (Fsp3) is 0.310. The molecule has 0 radical (unpaired) electrons. The molecule has 1 aromatic heterocycles. The van der Waals surface area contributed by atoms with Gasteiger partial charge in [0, 0.05) is 48.8 Å². The molecule has 10 heteroatoms. The Morgan fingerprint density at radius 2 is 1.82 bits per heavy atom. The number of hydrogen-bond donors (Lipinski definition) is 3. The van der Waals surface area contributed by atoms with E-state index < -0.39 is 12.1 Å². The van der Waals surface area contributed by atoms with Gasteiger partial charge in [-0.05, 0) is 49.4 Å². The van der Waals surface area contributed by atoms with E-state index in [1.807, 2.05) is 37.3 Å². The lowest BCUT2D eigenvalue weighted by Crippen LogP contribution is -2.50. The first-order chi connectivity index (χ1) is 18.8. The highest BCUT2D eigenvalue weighted by molar-refractivity contribution is 6.05. The normalized spacial score (nSPS) is 17.6. The summed E-state index contributed by atoms with van der Waals surface area (Å²) >= 11 is 0. The van der Waals surface area contributed by atoms with Crippen molar-refractivity contribution in [1.29, 1.82) is 0 Å². The lowest BCUT2D eigenvalue weighted by Gasteiger charge is -2.38. The van der Waals surface area contributed by atoms with Crippen molar-refractivity contribution in [3.8, 4) is 5.75 Å². The van der Waals surface area contributed by atoms with Gasteiger partial charge in [-0.1, -0.05) is 25.1 Å². The first-order valence-corrected chi connectivity index (χ1v) is 12.8. The average Bonchev–Trinajstić information content (AvgIpc) is 2.95. The number of hydrogen-bond acceptors (Lipinski definition) is 6. The molecule has 0 spiro atoms. The summed E-state index contributed by atoms with van der Waals surface area (Å²) in [4.78, 5) is 46.2. The minimum atomic E-state index is -0.450. The molecule has 0 saturated carbocycles. The third-order valence-corrected chi connectivity index (χ3v) is 6.69. The molecule has 2 aromatic carbocycles. The van der Waals surface area contributed by atoms with E-state index >= 15 is 0 Å². The predicted molar refractivity (Wildman–Crippen MR) is 148 cm³/mol. The molecule has 3 atom stereocenters. The van der Waals surface area contributed by atoms with Crippen molar-refractivity contribution >= 4 is 29.2 Å². The number of nitrogens with zero attached hydrogens (tertiary/aromatic N) is 3. The Balaban J connectivity index is 1.59. The van der Waals surface area contributed by atoms with E-state index in [0.29, 0.717) is 29.2 Å². The number of anilines is 2. The van der Waals surface area contributed by atoms with E-state index in [1.54, 1.807) is 54.1 Å². The number of nitrogens with one attached hydrogen (secondary N) is 2. The number of carbonyl (C=O) groups excluding carboxylic acids is 3. The number of likely N-dealkylation sites (N-methyl/N-ethyl adjacent to an activating group) is 1. The molecule has 0 fully saturated rings. The molecule has 3 N–H and O–H groups in total. The zero-order chi connectivity index (χ0) is 27.9. The average molecular weight is 532 g/mol. The largest absolute Gasteiger partial charge is 0.487 e. The fourth-order valence-corrected chi connectivity index (χ4v) is 4.32. The van der Waals surface area contributed by atoms with Gasteiger partial charge in [0.05, 0.1) is 24.8 Å². The number of para-hydroxylation sites is 1. The van der Waals surface area contributed by atoms with Crippen LogP contribution in [-0.4, -0.2) is 76.6 Å². The standard InChI is InChI=1S/C29H33N5O5/c1-19-16-34(20(2)18-35)28(37)24-15-23(31-27(36)21-11-13-30-14-12-21)9-10-25(24)39-26(19)17-33(3)29(38)32-22-7-5-4-6-8-22/h4-15,19-20,26,35H,16-18H2,1-3H3,(H,31,36)(H,32,38)/t19-,20+,26+/m0/s1. The summed E-state index contributed by atoms with van der Waals surface area (Å²) in [5.74, 6) is -0.471. The van der Waals surface area contributed by atoms with Crippen LogP contribution in [0.25, 0.3) is 0 Å². The topological polar surface area (TPSA) is 124 Å². The molecule has 0 saturated heterocycles. The second-order valence-electron chi connectivity index (χ2n) is 9.70. The number of aliphatic hydroxyl groups excluding tert-OH is 1. The summed E-state index contributed by atoms with van der Waals surface area (Å²) in [6, 6.07) is 16.5. The van der Waals surface area contributed by atoms with Crippen LogP contribution in [-0.2, 0) is 0 Å². The molecule has 10 nitrogen and oxygen atoms in total. The predicted octanol–water partition coefficient (Wildman–Crippen LogP) is 3.72. The minimum absolute atomic E-state index is 0.158. The Morgan fingerprint density at radius 1 is 1.10 bits per heavy atom. The van der Waals surface area contributed by atoms with E-state index in [9.17, 15) is 19.5 Å². The number of amides is 4. The first-order valence-electron chi connectivity index (χ1n) is 12.8. The van der Waals surface area contributed by atoms with E-state index in [0.717, 1.165) is 0 Å². The molecule has 39 heavy (non-hydrogen) atoms. The van der Waals surface area contributed by atoms with Crippen LogP contribution in [0.15, 0.2) is 73.1 Å². The van der Waals surface area contributed by atoms with E-state index in [1.165, 1.54) is 12.4 Å². The van der Waals surface area contributed by atoms with Crippen LogP contribution in [0.5, 0.6) is 5.75 Å². The van der Waals surface area contributed by atoms with E-state index in [-0.39, 0.29) is 42.5 Å². The van der Waals surface area contributed by atoms with Gasteiger partial charge >= 0.3 is 6.03 Å². The second kappa shape index (κ2) is 12.4. The van der Waals surface area contributed by atoms with Gasteiger partial charge in [0.25, 0.3) is 11.8 Å². The number of carbonyl (C=O) groups is 3. The molecule has 0 unspecified atom stereocenters. The smallest absolute Gasteiger partial charge is 0.321 e. The molecule has 2 heterocycles. The van der Waals surface area contributed by atoms with Gasteiger partial charge in [-0.15, -0.1) is 0 Å². The van der Waals surface area contributed by atoms with Crippen LogP contribution in [0, 0.1) is 5.92 Å². The van der Waals surface area contributed by atoms with Crippen molar-refractivity contribution in [1.82, 2.24) is 14.8 Å². The Morgan fingerprint density at radius 3 is 2.51 bits per heavy atom. The number of ether oxygens (including phenoxy) is 1. The first kappa shape index (κ1) is 27.6. The van der Waals surface area contributed by atoms with Gasteiger partial charge in [0.2, 0.25) is 0 Å². The van der Waals surface area contributed by atoms with E-state index in [2.05, 4.69) is 15.6 Å². The maximum atomic E-state index is 13.6. The summed E-state index contributed by atoms with van der Waals surface area (Å²) in [5, 5.41) is 15.6. The van der Waals surface area contributed by atoms with Crippen LogP contribution in [0.3, 0.4) is 0 Å². The van der Waals surface area contributed by atoms with Gasteiger partial charge in [-0.3, -0.25) is 14.6 Å². The van der Waals surface area contributed by atoms with Gasteiger partial charge in [-0.2, -0.15) is 0 Å². The number of fused-ring (bicyclic) bond motifs is 1. The highest BCUT2D eigenvalue weighted by Crippen LogP contribution is 2.31. The number of benzene rings is 2. The zero-order valence-corrected chi connectivity index (χ0v) is 22.2. The van der Waals surface area contributed by atoms with Crippen LogP contribution in [0.2, 0.25) is 0 Å². The van der Waals surface area contributed by atoms with Gasteiger partial charge in [0.15, 0.2) is 0 Å². The van der Waals surface area contributed by atoms with Crippen molar-refractivity contribution < 1.29 is 24.2 Å². The number of rotatable bonds is 7. The van der Waals surface area contributed by atoms with E-state index in [4.69, 9.17) is 4.74 Å². The summed E-state index contributed by atoms with van der Waals surface area (Å²) in [6.07, 6.45) is 2.60. The third kappa shape index (κ3) is 6.71. The van der Waals surface area contributed by atoms with Gasteiger partial charge in [-0.25, -0.2) is 4.79 Å². The summed E-state index contributed by atoms with van der Waals surface area (Å²) in [6.45, 7) is 4.08. The van der Waals surface area contributed by atoms with Crippen LogP contribution >= 0.6 is 0 Å². The lowest BCUT2D eigenvalue weighted by atomic mass is 9.99. The van der Waals surface area contributed by atoms with Crippen molar-refractivity contribution in [2.75, 3.05) is 37.4 Å². The highest BCUT2D eigenvalue weighted by Gasteiger charge is 2.34. The van der Waals surface area contributed by atoms with Crippen molar-refractivity contribution in [3.05, 3.63) is 84.2 Å². The SMILES string of the molecule is C[C@H](CO)N1C[C@H](C)[C@@H](CN(C)C(=O)Nc2ccccc2)Oc2ccc(NC(=O)c3ccncc3)cc2C1=O. The quantitative estimate of drug-likeness (QED) is 0.427. The Bertz CT molecular complexity index is 1300. The zero-order valence-electron chi connectivity index (χ0n) is 22.2. The number of aromatic nitrogens is 1. The number of aliphatic hydroxyl groups is 1. The lowest BCUT2D eigenvalue weighted by molar-refractivity contribution is 0.0371. The summed E-state index contributed by atoms with van der Waals surface area (Å²) in [5.41, 5.74) is 1.80. The summed E-state index contributed by atoms with van der Waals surface area (Å²) < 4.78 is 6.34. The molecular formula is C29H33N5O5. The Kier molecular flexibility index (Phi) is 8.77. The monoisotopic (exact) mass is 531 g/mol. The number of urea groups is 1. The van der Waals surface area contributed by atoms with Crippen LogP contribution in [0.1, 0.15) is 34.6 Å². The second-order valence-corrected chi connectivity index (χ2v) is 9.70. The maximum Gasteiger partial charge on any atom is 0.321 e. The molecule has 1 aliphatic heterocycles. The molecule has 4 amide bonds. The molecule has 3 aromatic rings. The number of pyridine rings is 1. The fourth-order valence-electron chi connectivity index (χ4n) is 4.32. The molecular weight excluding hydrogens is 498 g/mol. The van der Waals surface area contributed by atoms with Crippen molar-refractivity contribution in [2.24, 2.45) is 5.92 Å². The summed E-state index contributed by atoms with van der Waals surface area (Å²) in [7, 11) is 1.69. The van der Waals surface area contributed by atoms with Crippen LogP contribution in [0.4, 0.5) is 16.2 Å². The molecule has 1 aliphatic rings. The van der Waals surface area contributed by atoms with Gasteiger partial charge in [0.1, 0.15) is 11.9 Å². The Labute approximate surface area is 227 Å². The van der Waals surface area contributed by atoms with Gasteiger partial charge < -0.3 is 30.3 Å². The highest BCUT2D eigenvalue weighted by atomic mass is 16.5. The molecule has 4 rings (SSSR count). The maximum absolute atomic E-state index is 13.6. The van der Waals surface area contributed by atoms with Crippen LogP contribution < -0.4 is 15.4 Å². The third-order valence-electron chi connectivity index (χ3n) is 6.69. The molecule has 204 valence electrons.